The van der Waals surface area contributed by atoms with E-state index in [1.54, 1.807) is 6.33 Å². The van der Waals surface area contributed by atoms with Crippen LogP contribution in [-0.4, -0.2) is 37.1 Å². The van der Waals surface area contributed by atoms with Crippen molar-refractivity contribution in [2.24, 2.45) is 13.0 Å². The van der Waals surface area contributed by atoms with Crippen molar-refractivity contribution in [3.63, 3.8) is 0 Å². The second kappa shape index (κ2) is 7.79. The van der Waals surface area contributed by atoms with E-state index in [1.165, 1.54) is 0 Å². The molecule has 0 radical (unpaired) electrons. The highest BCUT2D eigenvalue weighted by Gasteiger charge is 2.39. The zero-order chi connectivity index (χ0) is 20.5. The maximum atomic E-state index is 13.1. The smallest absolute Gasteiger partial charge is 0.226 e. The molecular formula is C21H26N6O2. The Hall–Kier alpha value is -3.00. The summed E-state index contributed by atoms with van der Waals surface area (Å²) in [6.45, 7) is 6.47. The number of carbonyl (C=O) groups is 1. The van der Waals surface area contributed by atoms with Gasteiger partial charge in [-0.3, -0.25) is 4.79 Å². The first-order valence-electron chi connectivity index (χ1n) is 9.84. The molecule has 1 unspecified atom stereocenters. The SMILES string of the molecule is Cc1nn(-c2ccccc2)c(C)c1[C@H]1OCC[C@@H]1C(=O)NC(C)c1nncn1C. The number of nitrogens with zero attached hydrogens (tertiary/aromatic N) is 5. The van der Waals surface area contributed by atoms with Crippen LogP contribution < -0.4 is 5.32 Å². The van der Waals surface area contributed by atoms with Gasteiger partial charge in [0.25, 0.3) is 0 Å². The maximum Gasteiger partial charge on any atom is 0.226 e. The molecule has 0 aliphatic carbocycles. The van der Waals surface area contributed by atoms with E-state index in [4.69, 9.17) is 9.84 Å². The summed E-state index contributed by atoms with van der Waals surface area (Å²) in [5, 5.41) is 15.8. The quantitative estimate of drug-likeness (QED) is 0.719. The molecule has 1 aliphatic heterocycles. The summed E-state index contributed by atoms with van der Waals surface area (Å²) >= 11 is 0. The lowest BCUT2D eigenvalue weighted by Crippen LogP contribution is -2.35. The van der Waals surface area contributed by atoms with Crippen LogP contribution in [-0.2, 0) is 16.6 Å². The average Bonchev–Trinajstić information content (AvgIpc) is 3.41. The van der Waals surface area contributed by atoms with Crippen molar-refractivity contribution in [2.45, 2.75) is 39.3 Å². The van der Waals surface area contributed by atoms with Crippen molar-refractivity contribution in [3.8, 4) is 5.69 Å². The standard InChI is InChI=1S/C21H26N6O2/c1-13-18(15(3)27(25-13)16-8-6-5-7-9-16)19-17(10-11-29-19)21(28)23-14(2)20-24-22-12-26(20)4/h5-9,12,14,17,19H,10-11H2,1-4H3,(H,23,28)/t14?,17-,19-/m0/s1. The molecule has 2 aromatic heterocycles. The van der Waals surface area contributed by atoms with Gasteiger partial charge in [0.2, 0.25) is 5.91 Å². The van der Waals surface area contributed by atoms with E-state index in [-0.39, 0.29) is 24.0 Å². The number of nitrogens with one attached hydrogen (secondary N) is 1. The van der Waals surface area contributed by atoms with E-state index >= 15 is 0 Å². The molecule has 152 valence electrons. The number of aromatic nitrogens is 5. The fraction of sp³-hybridized carbons (Fsp3) is 0.429. The highest BCUT2D eigenvalue weighted by Crippen LogP contribution is 2.38. The molecule has 8 heteroatoms. The minimum atomic E-state index is -0.306. The number of amides is 1. The van der Waals surface area contributed by atoms with Crippen LogP contribution in [0.25, 0.3) is 5.69 Å². The first-order chi connectivity index (χ1) is 14.0. The molecule has 8 nitrogen and oxygen atoms in total. The van der Waals surface area contributed by atoms with Crippen LogP contribution in [0.4, 0.5) is 0 Å². The fourth-order valence-electron chi connectivity index (χ4n) is 4.10. The Labute approximate surface area is 169 Å². The summed E-state index contributed by atoms with van der Waals surface area (Å²) in [4.78, 5) is 13.1. The van der Waals surface area contributed by atoms with E-state index in [0.717, 1.165) is 28.5 Å². The van der Waals surface area contributed by atoms with E-state index in [2.05, 4.69) is 15.5 Å². The molecule has 3 atom stereocenters. The second-order valence-electron chi connectivity index (χ2n) is 7.55. The summed E-state index contributed by atoms with van der Waals surface area (Å²) in [6, 6.07) is 9.76. The highest BCUT2D eigenvalue weighted by atomic mass is 16.5. The molecular weight excluding hydrogens is 368 g/mol. The van der Waals surface area contributed by atoms with E-state index in [9.17, 15) is 4.79 Å². The van der Waals surface area contributed by atoms with Gasteiger partial charge in [0.1, 0.15) is 6.33 Å². The monoisotopic (exact) mass is 394 g/mol. The molecule has 1 aliphatic rings. The molecule has 0 spiro atoms. The lowest BCUT2D eigenvalue weighted by Gasteiger charge is -2.21. The Balaban J connectivity index is 1.58. The minimum absolute atomic E-state index is 0.0331. The van der Waals surface area contributed by atoms with Crippen molar-refractivity contribution in [3.05, 3.63) is 59.4 Å². The molecule has 1 fully saturated rings. The van der Waals surface area contributed by atoms with Crippen molar-refractivity contribution < 1.29 is 9.53 Å². The predicted octanol–water partition coefficient (Wildman–Crippen LogP) is 2.57. The molecule has 1 aromatic carbocycles. The summed E-state index contributed by atoms with van der Waals surface area (Å²) in [6.07, 6.45) is 2.00. The first-order valence-corrected chi connectivity index (χ1v) is 9.84. The van der Waals surface area contributed by atoms with Crippen LogP contribution in [0.1, 0.15) is 48.3 Å². The lowest BCUT2D eigenvalue weighted by atomic mass is 9.93. The van der Waals surface area contributed by atoms with Crippen LogP contribution in [0.2, 0.25) is 0 Å². The Morgan fingerprint density at radius 3 is 2.72 bits per heavy atom. The Bertz CT molecular complexity index is 1010. The summed E-state index contributed by atoms with van der Waals surface area (Å²) < 4.78 is 9.76. The van der Waals surface area contributed by atoms with Crippen LogP contribution >= 0.6 is 0 Å². The molecule has 4 rings (SSSR count). The van der Waals surface area contributed by atoms with Crippen LogP contribution in [0.5, 0.6) is 0 Å². The van der Waals surface area contributed by atoms with Gasteiger partial charge < -0.3 is 14.6 Å². The molecule has 1 amide bonds. The van der Waals surface area contributed by atoms with Crippen LogP contribution in [0, 0.1) is 19.8 Å². The van der Waals surface area contributed by atoms with Gasteiger partial charge in [-0.1, -0.05) is 18.2 Å². The third kappa shape index (κ3) is 3.55. The normalized spacial score (nSPS) is 20.0. The van der Waals surface area contributed by atoms with E-state index in [1.807, 2.05) is 67.4 Å². The Morgan fingerprint density at radius 2 is 2.03 bits per heavy atom. The van der Waals surface area contributed by atoms with Crippen molar-refractivity contribution in [1.29, 1.82) is 0 Å². The zero-order valence-electron chi connectivity index (χ0n) is 17.2. The number of aryl methyl sites for hydroxylation is 2. The molecule has 1 saturated heterocycles. The third-order valence-electron chi connectivity index (χ3n) is 5.55. The average molecular weight is 394 g/mol. The highest BCUT2D eigenvalue weighted by molar-refractivity contribution is 5.80. The van der Waals surface area contributed by atoms with Gasteiger partial charge in [0.05, 0.1) is 29.4 Å². The van der Waals surface area contributed by atoms with Gasteiger partial charge in [-0.15, -0.1) is 10.2 Å². The predicted molar refractivity (Wildman–Crippen MR) is 107 cm³/mol. The molecule has 3 heterocycles. The van der Waals surface area contributed by atoms with E-state index in [0.29, 0.717) is 13.0 Å². The van der Waals surface area contributed by atoms with Crippen molar-refractivity contribution >= 4 is 5.91 Å². The van der Waals surface area contributed by atoms with Crippen LogP contribution in [0.15, 0.2) is 36.7 Å². The van der Waals surface area contributed by atoms with Gasteiger partial charge >= 0.3 is 0 Å². The lowest BCUT2D eigenvalue weighted by molar-refractivity contribution is -0.127. The number of benzene rings is 1. The molecule has 0 saturated carbocycles. The van der Waals surface area contributed by atoms with Gasteiger partial charge in [0, 0.05) is 24.9 Å². The molecule has 0 bridgehead atoms. The molecule has 3 aromatic rings. The number of carbonyl (C=O) groups excluding carboxylic acids is 1. The molecule has 29 heavy (non-hydrogen) atoms. The zero-order valence-corrected chi connectivity index (χ0v) is 17.2. The second-order valence-corrected chi connectivity index (χ2v) is 7.55. The van der Waals surface area contributed by atoms with Gasteiger partial charge in [-0.25, -0.2) is 4.68 Å². The first kappa shape index (κ1) is 19.3. The van der Waals surface area contributed by atoms with E-state index < -0.39 is 0 Å². The largest absolute Gasteiger partial charge is 0.373 e. The summed E-state index contributed by atoms with van der Waals surface area (Å²) in [5.41, 5.74) is 3.88. The summed E-state index contributed by atoms with van der Waals surface area (Å²) in [5.74, 6) is 0.420. The van der Waals surface area contributed by atoms with Crippen LogP contribution in [0.3, 0.4) is 0 Å². The fourth-order valence-corrected chi connectivity index (χ4v) is 4.10. The number of hydrogen-bond donors (Lipinski definition) is 1. The molecule has 1 N–H and O–H groups in total. The van der Waals surface area contributed by atoms with Gasteiger partial charge in [-0.05, 0) is 39.3 Å². The van der Waals surface area contributed by atoms with Gasteiger partial charge in [-0.2, -0.15) is 5.10 Å². The third-order valence-corrected chi connectivity index (χ3v) is 5.55. The Kier molecular flexibility index (Phi) is 5.19. The minimum Gasteiger partial charge on any atom is -0.373 e. The topological polar surface area (TPSA) is 86.9 Å². The number of para-hydroxylation sites is 1. The number of rotatable bonds is 5. The summed E-state index contributed by atoms with van der Waals surface area (Å²) in [7, 11) is 1.87. The van der Waals surface area contributed by atoms with Crippen molar-refractivity contribution in [1.82, 2.24) is 29.9 Å². The maximum absolute atomic E-state index is 13.1. The number of hydrogen-bond acceptors (Lipinski definition) is 5. The van der Waals surface area contributed by atoms with Crippen molar-refractivity contribution in [2.75, 3.05) is 6.61 Å². The Morgan fingerprint density at radius 1 is 1.28 bits per heavy atom. The van der Waals surface area contributed by atoms with Gasteiger partial charge in [0.15, 0.2) is 5.82 Å². The number of ether oxygens (including phenoxy) is 1.